The van der Waals surface area contributed by atoms with Gasteiger partial charge >= 0.3 is 0 Å². The molecule has 0 aromatic heterocycles. The quantitative estimate of drug-likeness (QED) is 0.711. The highest BCUT2D eigenvalue weighted by atomic mass is 79.9. The highest BCUT2D eigenvalue weighted by molar-refractivity contribution is 9.10. The lowest BCUT2D eigenvalue weighted by Gasteiger charge is -2.33. The predicted molar refractivity (Wildman–Crippen MR) is 112 cm³/mol. The van der Waals surface area contributed by atoms with Gasteiger partial charge in [0.05, 0.1) is 17.5 Å². The second-order valence-electron chi connectivity index (χ2n) is 6.83. The molecule has 1 saturated heterocycles. The summed E-state index contributed by atoms with van der Waals surface area (Å²) in [4.78, 5) is 14.7. The fourth-order valence-electron chi connectivity index (χ4n) is 3.19. The standard InChI is InChI=1S/C20H24BrN3O3S/c1-16(17-7-9-18(21)10-8-17)22-20(25)15-23-11-13-24(14-12-23)28(26,27)19-5-3-2-4-6-19/h2-10,16H,11-15H2,1H3,(H,22,25). The molecule has 1 unspecified atom stereocenters. The van der Waals surface area contributed by atoms with Crippen LogP contribution in [0.2, 0.25) is 0 Å². The number of piperazine rings is 1. The number of carbonyl (C=O) groups excluding carboxylic acids is 1. The summed E-state index contributed by atoms with van der Waals surface area (Å²) < 4.78 is 27.8. The van der Waals surface area contributed by atoms with E-state index in [-0.39, 0.29) is 18.5 Å². The number of hydrogen-bond donors (Lipinski definition) is 1. The molecule has 0 saturated carbocycles. The summed E-state index contributed by atoms with van der Waals surface area (Å²) in [7, 11) is -3.47. The van der Waals surface area contributed by atoms with E-state index in [1.54, 1.807) is 30.3 Å². The average Bonchev–Trinajstić information content (AvgIpc) is 2.69. The number of hydrogen-bond acceptors (Lipinski definition) is 4. The van der Waals surface area contributed by atoms with Gasteiger partial charge < -0.3 is 5.32 Å². The van der Waals surface area contributed by atoms with Gasteiger partial charge in [0.25, 0.3) is 0 Å². The molecule has 1 aliphatic rings. The zero-order chi connectivity index (χ0) is 20.1. The van der Waals surface area contributed by atoms with Gasteiger partial charge in [0.2, 0.25) is 15.9 Å². The third-order valence-electron chi connectivity index (χ3n) is 4.83. The predicted octanol–water partition coefficient (Wildman–Crippen LogP) is 2.63. The molecule has 1 aliphatic heterocycles. The minimum Gasteiger partial charge on any atom is -0.348 e. The van der Waals surface area contributed by atoms with Gasteiger partial charge in [-0.2, -0.15) is 4.31 Å². The third-order valence-corrected chi connectivity index (χ3v) is 7.27. The van der Waals surface area contributed by atoms with E-state index in [2.05, 4.69) is 21.2 Å². The number of halogens is 1. The molecular formula is C20H24BrN3O3S. The van der Waals surface area contributed by atoms with Crippen molar-refractivity contribution in [2.24, 2.45) is 0 Å². The maximum Gasteiger partial charge on any atom is 0.243 e. The van der Waals surface area contributed by atoms with Crippen LogP contribution in [0, 0.1) is 0 Å². The lowest BCUT2D eigenvalue weighted by molar-refractivity contribution is -0.123. The van der Waals surface area contributed by atoms with Crippen molar-refractivity contribution in [2.45, 2.75) is 17.9 Å². The van der Waals surface area contributed by atoms with Gasteiger partial charge in [-0.05, 0) is 36.8 Å². The smallest absolute Gasteiger partial charge is 0.243 e. The van der Waals surface area contributed by atoms with E-state index >= 15 is 0 Å². The molecule has 2 aromatic carbocycles. The van der Waals surface area contributed by atoms with Crippen LogP contribution in [0.1, 0.15) is 18.5 Å². The molecular weight excluding hydrogens is 442 g/mol. The Hall–Kier alpha value is -1.74. The third kappa shape index (κ3) is 5.20. The van der Waals surface area contributed by atoms with Crippen LogP contribution < -0.4 is 5.32 Å². The molecule has 2 aromatic rings. The summed E-state index contributed by atoms with van der Waals surface area (Å²) in [5, 5.41) is 3.00. The summed E-state index contributed by atoms with van der Waals surface area (Å²) in [5.41, 5.74) is 1.04. The topological polar surface area (TPSA) is 69.7 Å². The Bertz CT molecular complexity index is 896. The van der Waals surface area contributed by atoms with E-state index in [1.165, 1.54) is 4.31 Å². The van der Waals surface area contributed by atoms with E-state index in [1.807, 2.05) is 36.1 Å². The molecule has 0 aliphatic carbocycles. The fourth-order valence-corrected chi connectivity index (χ4v) is 4.90. The summed E-state index contributed by atoms with van der Waals surface area (Å²) in [6.07, 6.45) is 0. The van der Waals surface area contributed by atoms with Gasteiger partial charge in [0.1, 0.15) is 0 Å². The van der Waals surface area contributed by atoms with Gasteiger partial charge in [-0.3, -0.25) is 9.69 Å². The maximum atomic E-state index is 12.7. The Morgan fingerprint density at radius 1 is 1.04 bits per heavy atom. The van der Waals surface area contributed by atoms with Crippen LogP contribution in [0.4, 0.5) is 0 Å². The van der Waals surface area contributed by atoms with Crippen molar-refractivity contribution < 1.29 is 13.2 Å². The Balaban J connectivity index is 1.50. The molecule has 8 heteroatoms. The van der Waals surface area contributed by atoms with Gasteiger partial charge in [-0.25, -0.2) is 8.42 Å². The van der Waals surface area contributed by atoms with Crippen LogP contribution >= 0.6 is 15.9 Å². The van der Waals surface area contributed by atoms with Gasteiger partial charge in [0.15, 0.2) is 0 Å². The number of carbonyl (C=O) groups is 1. The van der Waals surface area contributed by atoms with Crippen molar-refractivity contribution in [1.82, 2.24) is 14.5 Å². The van der Waals surface area contributed by atoms with Crippen LogP contribution in [0.25, 0.3) is 0 Å². The molecule has 0 spiro atoms. The maximum absolute atomic E-state index is 12.7. The number of nitrogens with one attached hydrogen (secondary N) is 1. The van der Waals surface area contributed by atoms with E-state index in [9.17, 15) is 13.2 Å². The molecule has 1 atom stereocenters. The molecule has 0 bridgehead atoms. The molecule has 0 radical (unpaired) electrons. The van der Waals surface area contributed by atoms with Crippen molar-refractivity contribution in [1.29, 1.82) is 0 Å². The molecule has 28 heavy (non-hydrogen) atoms. The monoisotopic (exact) mass is 465 g/mol. The number of sulfonamides is 1. The molecule has 1 fully saturated rings. The van der Waals surface area contributed by atoms with Crippen LogP contribution in [-0.2, 0) is 14.8 Å². The highest BCUT2D eigenvalue weighted by Crippen LogP contribution is 2.18. The van der Waals surface area contributed by atoms with Crippen LogP contribution in [0.15, 0.2) is 64.0 Å². The Kier molecular flexibility index (Phi) is 6.87. The van der Waals surface area contributed by atoms with Crippen molar-refractivity contribution in [2.75, 3.05) is 32.7 Å². The van der Waals surface area contributed by atoms with Crippen LogP contribution in [0.3, 0.4) is 0 Å². The SMILES string of the molecule is CC(NC(=O)CN1CCN(S(=O)(=O)c2ccccc2)CC1)c1ccc(Br)cc1. The van der Waals surface area contributed by atoms with E-state index < -0.39 is 10.0 Å². The first-order valence-corrected chi connectivity index (χ1v) is 11.4. The van der Waals surface area contributed by atoms with Crippen LogP contribution in [0.5, 0.6) is 0 Å². The largest absolute Gasteiger partial charge is 0.348 e. The van der Waals surface area contributed by atoms with E-state index in [0.29, 0.717) is 31.1 Å². The van der Waals surface area contributed by atoms with Crippen LogP contribution in [-0.4, -0.2) is 56.3 Å². The average molecular weight is 466 g/mol. The number of amides is 1. The molecule has 6 nitrogen and oxygen atoms in total. The number of nitrogens with zero attached hydrogens (tertiary/aromatic N) is 2. The molecule has 3 rings (SSSR count). The lowest BCUT2D eigenvalue weighted by Crippen LogP contribution is -2.51. The second kappa shape index (κ2) is 9.17. The van der Waals surface area contributed by atoms with Crippen molar-refractivity contribution in [3.05, 3.63) is 64.6 Å². The fraction of sp³-hybridized carbons (Fsp3) is 0.350. The van der Waals surface area contributed by atoms with Gasteiger partial charge in [0, 0.05) is 30.7 Å². The minimum absolute atomic E-state index is 0.0604. The first-order valence-electron chi connectivity index (χ1n) is 9.18. The Morgan fingerprint density at radius 2 is 1.64 bits per heavy atom. The Labute approximate surface area is 174 Å². The summed E-state index contributed by atoms with van der Waals surface area (Å²) >= 11 is 3.40. The summed E-state index contributed by atoms with van der Waals surface area (Å²) in [6.45, 7) is 4.05. The molecule has 1 amide bonds. The number of benzene rings is 2. The van der Waals surface area contributed by atoms with E-state index in [0.717, 1.165) is 10.0 Å². The van der Waals surface area contributed by atoms with Gasteiger partial charge in [-0.15, -0.1) is 0 Å². The normalized spacial score (nSPS) is 17.2. The summed E-state index contributed by atoms with van der Waals surface area (Å²) in [5.74, 6) is -0.0604. The molecule has 1 heterocycles. The second-order valence-corrected chi connectivity index (χ2v) is 9.69. The molecule has 150 valence electrons. The minimum atomic E-state index is -3.47. The lowest BCUT2D eigenvalue weighted by atomic mass is 10.1. The van der Waals surface area contributed by atoms with E-state index in [4.69, 9.17) is 0 Å². The summed E-state index contributed by atoms with van der Waals surface area (Å²) in [6, 6.07) is 16.2. The zero-order valence-corrected chi connectivity index (χ0v) is 18.1. The van der Waals surface area contributed by atoms with Crippen molar-refractivity contribution in [3.8, 4) is 0 Å². The van der Waals surface area contributed by atoms with Crippen molar-refractivity contribution in [3.63, 3.8) is 0 Å². The Morgan fingerprint density at radius 3 is 2.25 bits per heavy atom. The van der Waals surface area contributed by atoms with Crippen molar-refractivity contribution >= 4 is 31.9 Å². The first kappa shape index (κ1) is 21.0. The number of rotatable bonds is 6. The zero-order valence-electron chi connectivity index (χ0n) is 15.7. The first-order chi connectivity index (χ1) is 13.4. The highest BCUT2D eigenvalue weighted by Gasteiger charge is 2.29. The molecule has 1 N–H and O–H groups in total. The van der Waals surface area contributed by atoms with Gasteiger partial charge in [-0.1, -0.05) is 46.3 Å².